The Morgan fingerprint density at radius 1 is 0.338 bits per heavy atom. The first-order valence-electron chi connectivity index (χ1n) is 21.9. The van der Waals surface area contributed by atoms with Gasteiger partial charge in [0.1, 0.15) is 11.2 Å². The molecule has 0 fully saturated rings. The van der Waals surface area contributed by atoms with Crippen LogP contribution in [-0.4, -0.2) is 24.1 Å². The normalized spacial score (nSPS) is 12.0. The molecule has 14 rings (SSSR count). The summed E-state index contributed by atoms with van der Waals surface area (Å²) in [5.41, 5.74) is 10.7. The van der Waals surface area contributed by atoms with Gasteiger partial charge in [0, 0.05) is 43.6 Å². The van der Waals surface area contributed by atoms with Gasteiger partial charge in [-0.2, -0.15) is 9.97 Å². The van der Waals surface area contributed by atoms with Crippen molar-refractivity contribution in [3.05, 3.63) is 212 Å². The van der Waals surface area contributed by atoms with Gasteiger partial charge in [-0.3, -0.25) is 4.57 Å². The Morgan fingerprint density at radius 3 is 1.71 bits per heavy atom. The second-order valence-corrected chi connectivity index (χ2v) is 16.8. The molecule has 10 aromatic carbocycles. The molecule has 0 aliphatic heterocycles. The van der Waals surface area contributed by atoms with Gasteiger partial charge < -0.3 is 8.98 Å². The molecule has 0 unspecified atom stereocenters. The molecule has 4 aromatic heterocycles. The van der Waals surface area contributed by atoms with Gasteiger partial charge in [0.2, 0.25) is 5.95 Å². The highest BCUT2D eigenvalue weighted by Crippen LogP contribution is 2.43. The van der Waals surface area contributed by atoms with E-state index in [-0.39, 0.29) is 0 Å². The third-order valence-electron chi connectivity index (χ3n) is 13.1. The molecule has 0 N–H and O–H groups in total. The molecule has 6 heteroatoms. The molecule has 0 aliphatic carbocycles. The molecule has 0 radical (unpaired) electrons. The van der Waals surface area contributed by atoms with Crippen LogP contribution in [-0.2, 0) is 0 Å². The predicted molar refractivity (Wildman–Crippen MR) is 267 cm³/mol. The summed E-state index contributed by atoms with van der Waals surface area (Å²) in [7, 11) is 0. The number of benzene rings is 10. The molecule has 0 aliphatic rings. The van der Waals surface area contributed by atoms with Crippen LogP contribution in [0.3, 0.4) is 0 Å². The van der Waals surface area contributed by atoms with E-state index >= 15 is 0 Å². The van der Waals surface area contributed by atoms with Crippen LogP contribution in [0.2, 0.25) is 0 Å². The number of hydrogen-bond donors (Lipinski definition) is 0. The van der Waals surface area contributed by atoms with Gasteiger partial charge in [-0.1, -0.05) is 164 Å². The molecule has 0 saturated heterocycles. The average molecular weight is 830 g/mol. The molecular weight excluding hydrogens is 795 g/mol. The van der Waals surface area contributed by atoms with Gasteiger partial charge in [0.05, 0.1) is 27.6 Å². The van der Waals surface area contributed by atoms with Crippen molar-refractivity contribution >= 4 is 87.1 Å². The number of aromatic nitrogens is 5. The number of furan rings is 1. The van der Waals surface area contributed by atoms with Crippen molar-refractivity contribution < 1.29 is 4.42 Å². The van der Waals surface area contributed by atoms with E-state index < -0.39 is 0 Å². The molecule has 0 spiro atoms. The second kappa shape index (κ2) is 13.8. The lowest BCUT2D eigenvalue weighted by atomic mass is 10.0. The standard InChI is InChI=1S/C59H35N5O/c1-2-14-36(15-3-1)37-26-28-39(29-27-37)57-60-58(62-59(61-57)64-50-23-11-8-20-44(50)45-21-9-12-24-51(45)64)49-35-42(34-47-46-22-10-13-25-54(46)65-56(47)49)63-52-31-30-38-16-6-7-19-43(38)55(52)48-32-40-17-4-5-18-41(40)33-53(48)63/h1-35H. The maximum atomic E-state index is 6.87. The van der Waals surface area contributed by atoms with E-state index in [0.717, 1.165) is 82.7 Å². The molecule has 302 valence electrons. The van der Waals surface area contributed by atoms with Crippen LogP contribution in [0.4, 0.5) is 0 Å². The monoisotopic (exact) mass is 829 g/mol. The minimum atomic E-state index is 0.515. The molecule has 0 bridgehead atoms. The van der Waals surface area contributed by atoms with Crippen LogP contribution >= 0.6 is 0 Å². The molecule has 6 nitrogen and oxygen atoms in total. The summed E-state index contributed by atoms with van der Waals surface area (Å²) in [6, 6.07) is 75.1. The fourth-order valence-corrected chi connectivity index (χ4v) is 10.2. The fourth-order valence-electron chi connectivity index (χ4n) is 10.2. The van der Waals surface area contributed by atoms with Crippen molar-refractivity contribution in [3.63, 3.8) is 0 Å². The summed E-state index contributed by atoms with van der Waals surface area (Å²) >= 11 is 0. The van der Waals surface area contributed by atoms with Gasteiger partial charge in [0.25, 0.3) is 0 Å². The minimum absolute atomic E-state index is 0.515. The Hall–Kier alpha value is -8.87. The summed E-state index contributed by atoms with van der Waals surface area (Å²) in [5.74, 6) is 1.61. The highest BCUT2D eigenvalue weighted by atomic mass is 16.3. The van der Waals surface area contributed by atoms with E-state index in [0.29, 0.717) is 17.6 Å². The number of nitrogens with zero attached hydrogens (tertiary/aromatic N) is 5. The maximum absolute atomic E-state index is 6.87. The number of fused-ring (bicyclic) bond motifs is 12. The summed E-state index contributed by atoms with van der Waals surface area (Å²) in [4.78, 5) is 16.2. The van der Waals surface area contributed by atoms with Crippen molar-refractivity contribution in [2.75, 3.05) is 0 Å². The third kappa shape index (κ3) is 5.44. The third-order valence-corrected chi connectivity index (χ3v) is 13.1. The van der Waals surface area contributed by atoms with Gasteiger partial charge in [0.15, 0.2) is 11.6 Å². The smallest absolute Gasteiger partial charge is 0.238 e. The lowest BCUT2D eigenvalue weighted by Crippen LogP contribution is -2.07. The SMILES string of the molecule is c1ccc(-c2ccc(-c3nc(-c4cc(-n5c6cc7ccccc7cc6c6c7ccccc7ccc65)cc5c4oc4ccccc45)nc(-n4c5ccccc5c5ccccc54)n3)cc2)cc1. The number of para-hydroxylation sites is 3. The Balaban J connectivity index is 1.09. The first-order chi connectivity index (χ1) is 32.2. The van der Waals surface area contributed by atoms with Crippen LogP contribution in [0.1, 0.15) is 0 Å². The van der Waals surface area contributed by atoms with Crippen molar-refractivity contribution in [2.45, 2.75) is 0 Å². The lowest BCUT2D eigenvalue weighted by molar-refractivity contribution is 0.669. The molecule has 14 aromatic rings. The van der Waals surface area contributed by atoms with Crippen LogP contribution in [0.15, 0.2) is 217 Å². The lowest BCUT2D eigenvalue weighted by Gasteiger charge is -2.14. The topological polar surface area (TPSA) is 61.7 Å². The van der Waals surface area contributed by atoms with E-state index in [1.807, 2.05) is 18.2 Å². The fraction of sp³-hybridized carbons (Fsp3) is 0. The Kier molecular flexibility index (Phi) is 7.59. The average Bonchev–Trinajstić information content (AvgIpc) is 4.03. The van der Waals surface area contributed by atoms with Crippen molar-refractivity contribution in [3.8, 4) is 45.5 Å². The van der Waals surface area contributed by atoms with Crippen molar-refractivity contribution in [2.24, 2.45) is 0 Å². The van der Waals surface area contributed by atoms with Gasteiger partial charge in [-0.25, -0.2) is 4.98 Å². The van der Waals surface area contributed by atoms with E-state index in [1.165, 1.54) is 32.3 Å². The van der Waals surface area contributed by atoms with Crippen molar-refractivity contribution in [1.29, 1.82) is 0 Å². The van der Waals surface area contributed by atoms with Crippen LogP contribution < -0.4 is 0 Å². The second-order valence-electron chi connectivity index (χ2n) is 16.8. The molecule has 4 heterocycles. The predicted octanol–water partition coefficient (Wildman–Crippen LogP) is 15.3. The van der Waals surface area contributed by atoms with Crippen molar-refractivity contribution in [1.82, 2.24) is 24.1 Å². The minimum Gasteiger partial charge on any atom is -0.455 e. The van der Waals surface area contributed by atoms with Crippen LogP contribution in [0, 0.1) is 0 Å². The summed E-state index contributed by atoms with van der Waals surface area (Å²) in [6.07, 6.45) is 0. The van der Waals surface area contributed by atoms with Crippen LogP contribution in [0.5, 0.6) is 0 Å². The first kappa shape index (κ1) is 35.7. The zero-order valence-electron chi connectivity index (χ0n) is 34.9. The first-order valence-corrected chi connectivity index (χ1v) is 21.9. The maximum Gasteiger partial charge on any atom is 0.238 e. The Labute approximate surface area is 371 Å². The number of hydrogen-bond acceptors (Lipinski definition) is 4. The van der Waals surface area contributed by atoms with Gasteiger partial charge in [-0.05, 0) is 81.2 Å². The van der Waals surface area contributed by atoms with E-state index in [1.54, 1.807) is 0 Å². The van der Waals surface area contributed by atoms with E-state index in [9.17, 15) is 0 Å². The highest BCUT2D eigenvalue weighted by molar-refractivity contribution is 6.23. The molecule has 65 heavy (non-hydrogen) atoms. The zero-order chi connectivity index (χ0) is 42.6. The Bertz CT molecular complexity index is 4180. The summed E-state index contributed by atoms with van der Waals surface area (Å²) in [5, 5.41) is 11.5. The highest BCUT2D eigenvalue weighted by Gasteiger charge is 2.24. The Morgan fingerprint density at radius 2 is 0.938 bits per heavy atom. The number of rotatable bonds is 5. The zero-order valence-corrected chi connectivity index (χ0v) is 34.9. The molecule has 0 amide bonds. The molecule has 0 saturated carbocycles. The van der Waals surface area contributed by atoms with Gasteiger partial charge >= 0.3 is 0 Å². The van der Waals surface area contributed by atoms with E-state index in [2.05, 4.69) is 203 Å². The summed E-state index contributed by atoms with van der Waals surface area (Å²) < 4.78 is 11.4. The van der Waals surface area contributed by atoms with Crippen LogP contribution in [0.25, 0.3) is 133 Å². The molecule has 0 atom stereocenters. The quantitative estimate of drug-likeness (QED) is 0.173. The summed E-state index contributed by atoms with van der Waals surface area (Å²) in [6.45, 7) is 0. The van der Waals surface area contributed by atoms with E-state index in [4.69, 9.17) is 19.4 Å². The van der Waals surface area contributed by atoms with Gasteiger partial charge in [-0.15, -0.1) is 0 Å². The molecular formula is C59H35N5O. The largest absolute Gasteiger partial charge is 0.455 e.